The second-order valence-corrected chi connectivity index (χ2v) is 10.2. The molecule has 188 valence electrons. The van der Waals surface area contributed by atoms with Crippen LogP contribution in [0, 0.1) is 6.92 Å². The Morgan fingerprint density at radius 2 is 1.84 bits per heavy atom. The zero-order valence-electron chi connectivity index (χ0n) is 20.7. The van der Waals surface area contributed by atoms with Gasteiger partial charge < -0.3 is 14.8 Å². The van der Waals surface area contributed by atoms with Crippen molar-refractivity contribution in [2.24, 2.45) is 0 Å². The first kappa shape index (κ1) is 23.6. The van der Waals surface area contributed by atoms with Gasteiger partial charge in [0.15, 0.2) is 17.0 Å². The van der Waals surface area contributed by atoms with Crippen molar-refractivity contribution >= 4 is 38.9 Å². The summed E-state index contributed by atoms with van der Waals surface area (Å²) in [5.74, 6) is 1.50. The maximum atomic E-state index is 4.97. The largest absolute Gasteiger partial charge is 0.364 e. The summed E-state index contributed by atoms with van der Waals surface area (Å²) in [6.45, 7) is 5.18. The van der Waals surface area contributed by atoms with Crippen LogP contribution < -0.4 is 10.2 Å². The number of fused-ring (bicyclic) bond motifs is 1. The van der Waals surface area contributed by atoms with Crippen molar-refractivity contribution in [2.45, 2.75) is 39.3 Å². The number of piperidine rings is 1. The van der Waals surface area contributed by atoms with E-state index in [9.17, 15) is 0 Å². The van der Waals surface area contributed by atoms with Gasteiger partial charge in [0.25, 0.3) is 0 Å². The van der Waals surface area contributed by atoms with Crippen molar-refractivity contribution in [3.8, 4) is 5.69 Å². The topological polar surface area (TPSA) is 89.6 Å². The number of aryl methyl sites for hydroxylation is 1. The van der Waals surface area contributed by atoms with Gasteiger partial charge in [0.2, 0.25) is 5.95 Å². The fourth-order valence-electron chi connectivity index (χ4n) is 4.58. The Hall–Kier alpha value is -3.79. The Bertz CT molecular complexity index is 1520. The molecule has 0 bridgehead atoms. The fourth-order valence-corrected chi connectivity index (χ4v) is 4.95. The SMILES string of the molecule is Cc1ccc(-n2cc(Cn3cnc4c(NCc5ccccc5)nc(N5CCCCC5)nc43)nn2)cc1Br. The summed E-state index contributed by atoms with van der Waals surface area (Å²) < 4.78 is 4.86. The third-order valence-corrected chi connectivity index (χ3v) is 7.54. The summed E-state index contributed by atoms with van der Waals surface area (Å²) in [5.41, 5.74) is 5.69. The van der Waals surface area contributed by atoms with Crippen molar-refractivity contribution < 1.29 is 0 Å². The van der Waals surface area contributed by atoms with Crippen LogP contribution in [0.5, 0.6) is 0 Å². The number of nitrogens with zero attached hydrogens (tertiary/aromatic N) is 8. The minimum absolute atomic E-state index is 0.512. The lowest BCUT2D eigenvalue weighted by Gasteiger charge is -2.27. The standard InChI is InChI=1S/C27H28BrN9/c1-19-10-11-22(14-23(19)28)37-17-21(33-34-37)16-36-18-30-24-25(29-15-20-8-4-2-5-9-20)31-27(32-26(24)36)35-12-6-3-7-13-35/h2,4-5,8-11,14,17-18H,3,6-7,12-13,15-16H2,1H3,(H,29,31,32). The van der Waals surface area contributed by atoms with E-state index in [1.165, 1.54) is 17.5 Å². The van der Waals surface area contributed by atoms with Gasteiger partial charge in [-0.3, -0.25) is 0 Å². The monoisotopic (exact) mass is 557 g/mol. The van der Waals surface area contributed by atoms with Crippen LogP contribution in [-0.4, -0.2) is 47.6 Å². The number of hydrogen-bond donors (Lipinski definition) is 1. The second kappa shape index (κ2) is 10.3. The molecular formula is C27H28BrN9. The molecule has 1 saturated heterocycles. The summed E-state index contributed by atoms with van der Waals surface area (Å²) in [7, 11) is 0. The molecule has 0 atom stereocenters. The molecule has 0 aliphatic carbocycles. The minimum atomic E-state index is 0.512. The summed E-state index contributed by atoms with van der Waals surface area (Å²) in [6, 6.07) is 16.5. The van der Waals surface area contributed by atoms with Crippen LogP contribution in [0.1, 0.15) is 36.1 Å². The number of imidazole rings is 1. The van der Waals surface area contributed by atoms with Crippen molar-refractivity contribution in [2.75, 3.05) is 23.3 Å². The Morgan fingerprint density at radius 3 is 2.65 bits per heavy atom. The molecule has 37 heavy (non-hydrogen) atoms. The summed E-state index contributed by atoms with van der Waals surface area (Å²) >= 11 is 3.60. The quantitative estimate of drug-likeness (QED) is 0.296. The fraction of sp³-hybridized carbons (Fsp3) is 0.296. The minimum Gasteiger partial charge on any atom is -0.364 e. The lowest BCUT2D eigenvalue weighted by atomic mass is 10.1. The van der Waals surface area contributed by atoms with E-state index in [4.69, 9.17) is 15.0 Å². The van der Waals surface area contributed by atoms with Gasteiger partial charge in [0.1, 0.15) is 5.69 Å². The first-order chi connectivity index (χ1) is 18.1. The Kier molecular flexibility index (Phi) is 6.57. The summed E-state index contributed by atoms with van der Waals surface area (Å²) in [5, 5.41) is 12.3. The zero-order valence-corrected chi connectivity index (χ0v) is 22.3. The highest BCUT2D eigenvalue weighted by molar-refractivity contribution is 9.10. The average Bonchev–Trinajstić information content (AvgIpc) is 3.57. The molecule has 5 aromatic rings. The van der Waals surface area contributed by atoms with Crippen LogP contribution in [0.15, 0.2) is 65.5 Å². The van der Waals surface area contributed by atoms with Crippen LogP contribution >= 0.6 is 15.9 Å². The van der Waals surface area contributed by atoms with E-state index in [0.29, 0.717) is 13.1 Å². The highest BCUT2D eigenvalue weighted by atomic mass is 79.9. The molecule has 3 aromatic heterocycles. The molecule has 0 unspecified atom stereocenters. The van der Waals surface area contributed by atoms with Gasteiger partial charge in [-0.25, -0.2) is 9.67 Å². The molecule has 10 heteroatoms. The maximum absolute atomic E-state index is 4.97. The third kappa shape index (κ3) is 5.06. The number of anilines is 2. The van der Waals surface area contributed by atoms with Crippen molar-refractivity contribution in [3.63, 3.8) is 0 Å². The molecular weight excluding hydrogens is 530 g/mol. The number of benzene rings is 2. The second-order valence-electron chi connectivity index (χ2n) is 9.39. The molecule has 1 N–H and O–H groups in total. The van der Waals surface area contributed by atoms with E-state index >= 15 is 0 Å². The van der Waals surface area contributed by atoms with E-state index in [-0.39, 0.29) is 0 Å². The van der Waals surface area contributed by atoms with Crippen LogP contribution in [-0.2, 0) is 13.1 Å². The Morgan fingerprint density at radius 1 is 1.00 bits per heavy atom. The van der Waals surface area contributed by atoms with Crippen LogP contribution in [0.3, 0.4) is 0 Å². The molecule has 0 spiro atoms. The molecule has 0 amide bonds. The maximum Gasteiger partial charge on any atom is 0.229 e. The molecule has 0 saturated carbocycles. The number of hydrogen-bond acceptors (Lipinski definition) is 7. The van der Waals surface area contributed by atoms with E-state index < -0.39 is 0 Å². The third-order valence-electron chi connectivity index (χ3n) is 6.69. The van der Waals surface area contributed by atoms with Gasteiger partial charge in [-0.1, -0.05) is 57.5 Å². The van der Waals surface area contributed by atoms with Crippen molar-refractivity contribution in [3.05, 3.63) is 82.3 Å². The van der Waals surface area contributed by atoms with Gasteiger partial charge in [0.05, 0.1) is 24.8 Å². The lowest BCUT2D eigenvalue weighted by molar-refractivity contribution is 0.568. The Labute approximate surface area is 223 Å². The van der Waals surface area contributed by atoms with E-state index in [1.54, 1.807) is 4.68 Å². The first-order valence-corrected chi connectivity index (χ1v) is 13.4. The Balaban J connectivity index is 1.32. The molecule has 0 radical (unpaired) electrons. The smallest absolute Gasteiger partial charge is 0.229 e. The number of aromatic nitrogens is 7. The summed E-state index contributed by atoms with van der Waals surface area (Å²) in [6.07, 6.45) is 7.33. The van der Waals surface area contributed by atoms with E-state index in [2.05, 4.69) is 61.6 Å². The normalized spacial score (nSPS) is 13.8. The van der Waals surface area contributed by atoms with Crippen molar-refractivity contribution in [1.29, 1.82) is 0 Å². The highest BCUT2D eigenvalue weighted by Crippen LogP contribution is 2.26. The van der Waals surface area contributed by atoms with Crippen molar-refractivity contribution in [1.82, 2.24) is 34.5 Å². The highest BCUT2D eigenvalue weighted by Gasteiger charge is 2.19. The van der Waals surface area contributed by atoms with Crippen LogP contribution in [0.4, 0.5) is 11.8 Å². The van der Waals surface area contributed by atoms with Crippen LogP contribution in [0.25, 0.3) is 16.9 Å². The average molecular weight is 558 g/mol. The van der Waals surface area contributed by atoms with Gasteiger partial charge >= 0.3 is 0 Å². The molecule has 1 aliphatic heterocycles. The van der Waals surface area contributed by atoms with E-state index in [0.717, 1.165) is 64.7 Å². The molecule has 1 aliphatic rings. The van der Waals surface area contributed by atoms with Gasteiger partial charge in [-0.05, 0) is 49.4 Å². The van der Waals surface area contributed by atoms with Gasteiger partial charge in [-0.15, -0.1) is 5.10 Å². The lowest BCUT2D eigenvalue weighted by Crippen LogP contribution is -2.31. The zero-order chi connectivity index (χ0) is 25.2. The summed E-state index contributed by atoms with van der Waals surface area (Å²) in [4.78, 5) is 16.9. The molecule has 9 nitrogen and oxygen atoms in total. The van der Waals surface area contributed by atoms with Gasteiger partial charge in [0, 0.05) is 24.1 Å². The first-order valence-electron chi connectivity index (χ1n) is 12.6. The van der Waals surface area contributed by atoms with Crippen LogP contribution in [0.2, 0.25) is 0 Å². The molecule has 1 fully saturated rings. The molecule has 6 rings (SSSR count). The predicted molar refractivity (Wildman–Crippen MR) is 148 cm³/mol. The number of rotatable bonds is 7. The predicted octanol–water partition coefficient (Wildman–Crippen LogP) is 5.13. The molecule has 4 heterocycles. The van der Waals surface area contributed by atoms with Gasteiger partial charge in [-0.2, -0.15) is 9.97 Å². The van der Waals surface area contributed by atoms with E-state index in [1.807, 2.05) is 47.4 Å². The number of halogens is 1. The molecule has 2 aromatic carbocycles. The number of nitrogens with one attached hydrogen (secondary N) is 1.